The molecule has 1 aliphatic heterocycles. The summed E-state index contributed by atoms with van der Waals surface area (Å²) < 4.78 is 30.3. The molecule has 1 unspecified atom stereocenters. The zero-order chi connectivity index (χ0) is 13.9. The van der Waals surface area contributed by atoms with E-state index in [2.05, 4.69) is 5.32 Å². The minimum absolute atomic E-state index is 0.00678. The quantitative estimate of drug-likeness (QED) is 0.893. The molecule has 7 heteroatoms. The second-order valence-electron chi connectivity index (χ2n) is 4.80. The highest BCUT2D eigenvalue weighted by atomic mass is 32.2. The average molecular weight is 304 g/mol. The third-order valence-electron chi connectivity index (χ3n) is 3.10. The van der Waals surface area contributed by atoms with Crippen LogP contribution < -0.4 is 5.32 Å². The molecule has 0 spiro atoms. The Morgan fingerprint density at radius 3 is 2.89 bits per heavy atom. The van der Waals surface area contributed by atoms with Crippen molar-refractivity contribution in [2.24, 2.45) is 0 Å². The fraction of sp³-hybridized carbons (Fsp3) is 0.667. The summed E-state index contributed by atoms with van der Waals surface area (Å²) >= 11 is 1.96. The number of rotatable bonds is 5. The highest BCUT2D eigenvalue weighted by molar-refractivity contribution is 7.99. The third-order valence-corrected chi connectivity index (χ3v) is 6.00. The lowest BCUT2D eigenvalue weighted by Gasteiger charge is -2.21. The lowest BCUT2D eigenvalue weighted by Crippen LogP contribution is -2.33. The summed E-state index contributed by atoms with van der Waals surface area (Å²) in [5.41, 5.74) is 0. The molecular formula is C12H20N2O3S2. The molecule has 5 nitrogen and oxygen atoms in total. The van der Waals surface area contributed by atoms with E-state index in [1.807, 2.05) is 11.8 Å². The first-order valence-corrected chi connectivity index (χ1v) is 8.92. The van der Waals surface area contributed by atoms with Crippen LogP contribution >= 0.6 is 11.8 Å². The molecule has 0 bridgehead atoms. The lowest BCUT2D eigenvalue weighted by molar-refractivity contribution is 0.378. The van der Waals surface area contributed by atoms with Crippen molar-refractivity contribution in [2.75, 3.05) is 25.6 Å². The Morgan fingerprint density at radius 1 is 1.47 bits per heavy atom. The summed E-state index contributed by atoms with van der Waals surface area (Å²) in [7, 11) is -0.474. The highest BCUT2D eigenvalue weighted by Crippen LogP contribution is 2.19. The molecule has 0 aromatic carbocycles. The smallest absolute Gasteiger partial charge is 0.275 e. The molecule has 19 heavy (non-hydrogen) atoms. The molecular weight excluding hydrogens is 284 g/mol. The first-order valence-electron chi connectivity index (χ1n) is 6.32. The predicted molar refractivity (Wildman–Crippen MR) is 76.8 cm³/mol. The Hall–Kier alpha value is -0.500. The molecule has 1 atom stereocenters. The summed E-state index contributed by atoms with van der Waals surface area (Å²) in [6.07, 6.45) is 2.41. The van der Waals surface area contributed by atoms with E-state index >= 15 is 0 Å². The number of nitrogens with one attached hydrogen (secondary N) is 1. The van der Waals surface area contributed by atoms with Gasteiger partial charge in [-0.2, -0.15) is 11.8 Å². The van der Waals surface area contributed by atoms with Crippen LogP contribution in [0.1, 0.15) is 18.6 Å². The van der Waals surface area contributed by atoms with Crippen LogP contribution in [-0.2, 0) is 16.6 Å². The fourth-order valence-corrected chi connectivity index (χ4v) is 3.84. The van der Waals surface area contributed by atoms with E-state index < -0.39 is 10.0 Å². The van der Waals surface area contributed by atoms with Crippen LogP contribution in [0, 0.1) is 0 Å². The summed E-state index contributed by atoms with van der Waals surface area (Å²) in [5, 5.41) is 3.42. The van der Waals surface area contributed by atoms with Crippen molar-refractivity contribution in [3.63, 3.8) is 0 Å². The Bertz CT molecular complexity index is 505. The number of furan rings is 1. The number of hydrogen-bond donors (Lipinski definition) is 1. The maximum absolute atomic E-state index is 11.9. The molecule has 0 radical (unpaired) electrons. The van der Waals surface area contributed by atoms with Gasteiger partial charge in [-0.05, 0) is 30.7 Å². The minimum Gasteiger partial charge on any atom is -0.447 e. The van der Waals surface area contributed by atoms with Crippen molar-refractivity contribution in [1.82, 2.24) is 9.62 Å². The van der Waals surface area contributed by atoms with E-state index in [-0.39, 0.29) is 5.09 Å². The lowest BCUT2D eigenvalue weighted by atomic mass is 10.2. The van der Waals surface area contributed by atoms with Crippen LogP contribution in [0.5, 0.6) is 0 Å². The van der Waals surface area contributed by atoms with Crippen molar-refractivity contribution < 1.29 is 12.8 Å². The van der Waals surface area contributed by atoms with Gasteiger partial charge in [0, 0.05) is 25.9 Å². The van der Waals surface area contributed by atoms with Gasteiger partial charge in [0.2, 0.25) is 5.09 Å². The van der Waals surface area contributed by atoms with Gasteiger partial charge in [0.15, 0.2) is 0 Å². The van der Waals surface area contributed by atoms with E-state index in [1.165, 1.54) is 38.8 Å². The molecule has 1 aromatic rings. The molecule has 108 valence electrons. The Balaban J connectivity index is 1.94. The van der Waals surface area contributed by atoms with Gasteiger partial charge in [-0.3, -0.25) is 0 Å². The molecule has 1 fully saturated rings. The summed E-state index contributed by atoms with van der Waals surface area (Å²) in [6.45, 7) is 0.578. The van der Waals surface area contributed by atoms with Crippen molar-refractivity contribution >= 4 is 21.8 Å². The Kier molecular flexibility index (Phi) is 4.94. The first-order chi connectivity index (χ1) is 9.00. The zero-order valence-electron chi connectivity index (χ0n) is 11.3. The van der Waals surface area contributed by atoms with E-state index in [9.17, 15) is 8.42 Å². The van der Waals surface area contributed by atoms with E-state index in [4.69, 9.17) is 4.42 Å². The van der Waals surface area contributed by atoms with Crippen LogP contribution in [0.3, 0.4) is 0 Å². The number of thioether (sulfide) groups is 1. The van der Waals surface area contributed by atoms with Gasteiger partial charge < -0.3 is 9.73 Å². The maximum atomic E-state index is 11.9. The Morgan fingerprint density at radius 2 is 2.26 bits per heavy atom. The van der Waals surface area contributed by atoms with E-state index in [0.717, 1.165) is 10.1 Å². The van der Waals surface area contributed by atoms with Gasteiger partial charge >= 0.3 is 0 Å². The van der Waals surface area contributed by atoms with Gasteiger partial charge in [0.25, 0.3) is 10.0 Å². The van der Waals surface area contributed by atoms with Crippen molar-refractivity contribution in [2.45, 2.75) is 30.5 Å². The number of sulfonamides is 1. The van der Waals surface area contributed by atoms with Gasteiger partial charge in [-0.15, -0.1) is 0 Å². The monoisotopic (exact) mass is 304 g/mol. The SMILES string of the molecule is CN(C)S(=O)(=O)c1ccc(CNC2CCCSC2)o1. The zero-order valence-corrected chi connectivity index (χ0v) is 12.9. The van der Waals surface area contributed by atoms with Crippen molar-refractivity contribution in [3.8, 4) is 0 Å². The maximum Gasteiger partial charge on any atom is 0.275 e. The summed E-state index contributed by atoms with van der Waals surface area (Å²) in [5.74, 6) is 3.02. The molecule has 0 aliphatic carbocycles. The predicted octanol–water partition coefficient (Wildman–Crippen LogP) is 1.52. The van der Waals surface area contributed by atoms with Crippen LogP contribution in [0.2, 0.25) is 0 Å². The van der Waals surface area contributed by atoms with Crippen LogP contribution in [-0.4, -0.2) is 44.4 Å². The second-order valence-corrected chi connectivity index (χ2v) is 8.04. The third kappa shape index (κ3) is 3.75. The molecule has 1 aliphatic rings. The molecule has 1 saturated heterocycles. The molecule has 2 heterocycles. The van der Waals surface area contributed by atoms with Crippen molar-refractivity contribution in [3.05, 3.63) is 17.9 Å². The largest absolute Gasteiger partial charge is 0.447 e. The topological polar surface area (TPSA) is 62.6 Å². The normalized spacial score (nSPS) is 20.9. The molecule has 0 saturated carbocycles. The van der Waals surface area contributed by atoms with Gasteiger partial charge in [-0.1, -0.05) is 0 Å². The average Bonchev–Trinajstić information content (AvgIpc) is 2.87. The highest BCUT2D eigenvalue weighted by Gasteiger charge is 2.21. The van der Waals surface area contributed by atoms with Gasteiger partial charge in [0.1, 0.15) is 5.76 Å². The summed E-state index contributed by atoms with van der Waals surface area (Å²) in [6, 6.07) is 3.74. The number of nitrogens with zero attached hydrogens (tertiary/aromatic N) is 1. The molecule has 1 N–H and O–H groups in total. The standard InChI is InChI=1S/C12H20N2O3S2/c1-14(2)19(15,16)12-6-5-11(17-12)8-13-10-4-3-7-18-9-10/h5-6,10,13H,3-4,7-9H2,1-2H3. The van der Waals surface area contributed by atoms with Crippen LogP contribution in [0.15, 0.2) is 21.6 Å². The van der Waals surface area contributed by atoms with Crippen molar-refractivity contribution in [1.29, 1.82) is 0 Å². The van der Waals surface area contributed by atoms with Gasteiger partial charge in [-0.25, -0.2) is 12.7 Å². The fourth-order valence-electron chi connectivity index (χ4n) is 1.92. The van der Waals surface area contributed by atoms with Crippen LogP contribution in [0.25, 0.3) is 0 Å². The molecule has 0 amide bonds. The van der Waals surface area contributed by atoms with Gasteiger partial charge in [0.05, 0.1) is 6.54 Å². The molecule has 1 aromatic heterocycles. The number of hydrogen-bond acceptors (Lipinski definition) is 5. The molecule has 2 rings (SSSR count). The first kappa shape index (κ1) is 14.9. The van der Waals surface area contributed by atoms with E-state index in [0.29, 0.717) is 18.3 Å². The van der Waals surface area contributed by atoms with E-state index in [1.54, 1.807) is 6.07 Å². The minimum atomic E-state index is -3.46. The Labute approximate surface area is 118 Å². The summed E-state index contributed by atoms with van der Waals surface area (Å²) in [4.78, 5) is 0. The second kappa shape index (κ2) is 6.30. The van der Waals surface area contributed by atoms with Crippen LogP contribution in [0.4, 0.5) is 0 Å².